The van der Waals surface area contributed by atoms with Crippen LogP contribution in [-0.4, -0.2) is 20.7 Å². The van der Waals surface area contributed by atoms with Crippen LogP contribution in [0.3, 0.4) is 0 Å². The molecular weight excluding hydrogens is 340 g/mol. The van der Waals surface area contributed by atoms with E-state index >= 15 is 0 Å². The SMILES string of the molecule is Cc1ccc(-n2cnc3cc(N=Cc4ccccc4[N+](=O)[O-])ccc32)cc1. The van der Waals surface area contributed by atoms with Gasteiger partial charge in [-0.1, -0.05) is 29.8 Å². The number of hydrogen-bond donors (Lipinski definition) is 0. The minimum Gasteiger partial charge on any atom is -0.299 e. The normalized spacial score (nSPS) is 11.3. The fourth-order valence-electron chi connectivity index (χ4n) is 2.90. The molecule has 0 spiro atoms. The molecule has 0 unspecified atom stereocenters. The fraction of sp³-hybridized carbons (Fsp3) is 0.0476. The largest absolute Gasteiger partial charge is 0.299 e. The topological polar surface area (TPSA) is 73.3 Å². The molecule has 4 rings (SSSR count). The summed E-state index contributed by atoms with van der Waals surface area (Å²) in [4.78, 5) is 19.5. The van der Waals surface area contributed by atoms with Gasteiger partial charge in [0.15, 0.2) is 0 Å². The highest BCUT2D eigenvalue weighted by Crippen LogP contribution is 2.24. The monoisotopic (exact) mass is 356 g/mol. The van der Waals surface area contributed by atoms with E-state index in [4.69, 9.17) is 0 Å². The van der Waals surface area contributed by atoms with E-state index in [0.717, 1.165) is 16.7 Å². The van der Waals surface area contributed by atoms with Gasteiger partial charge in [0.05, 0.1) is 27.2 Å². The average Bonchev–Trinajstić information content (AvgIpc) is 3.10. The molecular formula is C21H16N4O2. The molecule has 6 heteroatoms. The number of hydrogen-bond acceptors (Lipinski definition) is 4. The van der Waals surface area contributed by atoms with Crippen LogP contribution in [0.25, 0.3) is 16.7 Å². The Morgan fingerprint density at radius 2 is 1.85 bits per heavy atom. The number of imidazole rings is 1. The van der Waals surface area contributed by atoms with Crippen LogP contribution in [0.5, 0.6) is 0 Å². The Bertz CT molecular complexity index is 1160. The molecule has 0 amide bonds. The van der Waals surface area contributed by atoms with Crippen LogP contribution in [0, 0.1) is 17.0 Å². The molecule has 0 N–H and O–H groups in total. The minimum absolute atomic E-state index is 0.0333. The zero-order valence-electron chi connectivity index (χ0n) is 14.6. The molecule has 3 aromatic carbocycles. The first kappa shape index (κ1) is 16.7. The van der Waals surface area contributed by atoms with E-state index in [1.54, 1.807) is 24.5 Å². The molecule has 0 saturated heterocycles. The van der Waals surface area contributed by atoms with Crippen molar-refractivity contribution in [2.75, 3.05) is 0 Å². The summed E-state index contributed by atoms with van der Waals surface area (Å²) < 4.78 is 2.02. The Kier molecular flexibility index (Phi) is 4.22. The summed E-state index contributed by atoms with van der Waals surface area (Å²) >= 11 is 0. The number of aromatic nitrogens is 2. The number of fused-ring (bicyclic) bond motifs is 1. The van der Waals surface area contributed by atoms with Crippen LogP contribution >= 0.6 is 0 Å². The predicted molar refractivity (Wildman–Crippen MR) is 106 cm³/mol. The van der Waals surface area contributed by atoms with E-state index in [1.807, 2.05) is 22.8 Å². The Labute approximate surface area is 155 Å². The zero-order chi connectivity index (χ0) is 18.8. The first-order chi connectivity index (χ1) is 13.1. The van der Waals surface area contributed by atoms with Crippen molar-refractivity contribution < 1.29 is 4.92 Å². The molecule has 4 aromatic rings. The number of rotatable bonds is 4. The summed E-state index contributed by atoms with van der Waals surface area (Å²) in [5.74, 6) is 0. The second-order valence-corrected chi connectivity index (χ2v) is 6.20. The molecule has 0 aliphatic heterocycles. The molecule has 6 nitrogen and oxygen atoms in total. The quantitative estimate of drug-likeness (QED) is 0.294. The first-order valence-corrected chi connectivity index (χ1v) is 8.43. The van der Waals surface area contributed by atoms with Crippen LogP contribution in [0.4, 0.5) is 11.4 Å². The number of benzene rings is 3. The van der Waals surface area contributed by atoms with Gasteiger partial charge in [-0.2, -0.15) is 0 Å². The maximum Gasteiger partial charge on any atom is 0.278 e. The highest BCUT2D eigenvalue weighted by molar-refractivity contribution is 5.88. The average molecular weight is 356 g/mol. The maximum atomic E-state index is 11.1. The van der Waals surface area contributed by atoms with Crippen molar-refractivity contribution in [1.82, 2.24) is 9.55 Å². The van der Waals surface area contributed by atoms with Crippen molar-refractivity contribution in [3.8, 4) is 5.69 Å². The molecule has 0 atom stereocenters. The highest BCUT2D eigenvalue weighted by Gasteiger charge is 2.10. The smallest absolute Gasteiger partial charge is 0.278 e. The molecule has 0 aliphatic carbocycles. The molecule has 27 heavy (non-hydrogen) atoms. The number of aryl methyl sites for hydroxylation is 1. The van der Waals surface area contributed by atoms with Crippen LogP contribution < -0.4 is 0 Å². The lowest BCUT2D eigenvalue weighted by atomic mass is 10.2. The molecule has 1 heterocycles. The zero-order valence-corrected chi connectivity index (χ0v) is 14.6. The third kappa shape index (κ3) is 3.32. The van der Waals surface area contributed by atoms with Crippen LogP contribution in [0.2, 0.25) is 0 Å². The van der Waals surface area contributed by atoms with E-state index in [2.05, 4.69) is 41.2 Å². The fourth-order valence-corrected chi connectivity index (χ4v) is 2.90. The predicted octanol–water partition coefficient (Wildman–Crippen LogP) is 4.99. The minimum atomic E-state index is -0.409. The van der Waals surface area contributed by atoms with Crippen LogP contribution in [0.1, 0.15) is 11.1 Å². The summed E-state index contributed by atoms with van der Waals surface area (Å²) in [5, 5.41) is 11.1. The van der Waals surface area contributed by atoms with E-state index < -0.39 is 4.92 Å². The van der Waals surface area contributed by atoms with E-state index in [0.29, 0.717) is 11.3 Å². The molecule has 0 fully saturated rings. The Morgan fingerprint density at radius 3 is 2.63 bits per heavy atom. The van der Waals surface area contributed by atoms with Gasteiger partial charge >= 0.3 is 0 Å². The molecule has 1 aromatic heterocycles. The third-order valence-electron chi connectivity index (χ3n) is 4.33. The lowest BCUT2D eigenvalue weighted by Gasteiger charge is -2.04. The van der Waals surface area contributed by atoms with Crippen molar-refractivity contribution in [3.05, 3.63) is 94.3 Å². The molecule has 0 bridgehead atoms. The van der Waals surface area contributed by atoms with Gasteiger partial charge in [0.2, 0.25) is 0 Å². The molecule has 0 saturated carbocycles. The number of nitro benzene ring substituents is 1. The van der Waals surface area contributed by atoms with Gasteiger partial charge in [-0.05, 0) is 43.3 Å². The summed E-state index contributed by atoms with van der Waals surface area (Å²) in [5.41, 5.74) is 5.22. The summed E-state index contributed by atoms with van der Waals surface area (Å²) in [7, 11) is 0. The van der Waals surface area contributed by atoms with Gasteiger partial charge in [-0.3, -0.25) is 19.7 Å². The van der Waals surface area contributed by atoms with Crippen molar-refractivity contribution in [3.63, 3.8) is 0 Å². The second-order valence-electron chi connectivity index (χ2n) is 6.20. The summed E-state index contributed by atoms with van der Waals surface area (Å²) in [6.07, 6.45) is 3.29. The molecule has 0 radical (unpaired) electrons. The van der Waals surface area contributed by atoms with Gasteiger partial charge in [0, 0.05) is 18.0 Å². The number of nitro groups is 1. The van der Waals surface area contributed by atoms with Crippen molar-refractivity contribution in [2.45, 2.75) is 6.92 Å². The standard InChI is InChI=1S/C21H16N4O2/c1-15-6-9-18(10-7-15)24-14-23-19-12-17(8-11-21(19)24)22-13-16-4-2-3-5-20(16)25(26)27/h2-14H,1H3. The van der Waals surface area contributed by atoms with Crippen LogP contribution in [-0.2, 0) is 0 Å². The molecule has 132 valence electrons. The first-order valence-electron chi connectivity index (χ1n) is 8.43. The van der Waals surface area contributed by atoms with E-state index in [-0.39, 0.29) is 5.69 Å². The van der Waals surface area contributed by atoms with Crippen LogP contribution in [0.15, 0.2) is 78.0 Å². The second kappa shape index (κ2) is 6.84. The van der Waals surface area contributed by atoms with E-state index in [1.165, 1.54) is 17.8 Å². The van der Waals surface area contributed by atoms with Gasteiger partial charge < -0.3 is 0 Å². The number of para-hydroxylation sites is 1. The number of aliphatic imine (C=N–C) groups is 1. The Balaban J connectivity index is 1.67. The Morgan fingerprint density at radius 1 is 1.07 bits per heavy atom. The van der Waals surface area contributed by atoms with Crippen molar-refractivity contribution in [1.29, 1.82) is 0 Å². The number of nitrogens with zero attached hydrogens (tertiary/aromatic N) is 4. The Hall–Kier alpha value is -3.80. The van der Waals surface area contributed by atoms with Crippen molar-refractivity contribution >= 4 is 28.6 Å². The van der Waals surface area contributed by atoms with Crippen molar-refractivity contribution in [2.24, 2.45) is 4.99 Å². The van der Waals surface area contributed by atoms with Gasteiger partial charge in [0.1, 0.15) is 6.33 Å². The maximum absolute atomic E-state index is 11.1. The highest BCUT2D eigenvalue weighted by atomic mass is 16.6. The third-order valence-corrected chi connectivity index (χ3v) is 4.33. The van der Waals surface area contributed by atoms with Gasteiger partial charge in [0.25, 0.3) is 5.69 Å². The summed E-state index contributed by atoms with van der Waals surface area (Å²) in [6.45, 7) is 2.05. The lowest BCUT2D eigenvalue weighted by Crippen LogP contribution is -1.93. The molecule has 0 aliphatic rings. The summed E-state index contributed by atoms with van der Waals surface area (Å²) in [6, 6.07) is 20.5. The van der Waals surface area contributed by atoms with Gasteiger partial charge in [-0.15, -0.1) is 0 Å². The van der Waals surface area contributed by atoms with E-state index in [9.17, 15) is 10.1 Å². The lowest BCUT2D eigenvalue weighted by molar-refractivity contribution is -0.385. The van der Waals surface area contributed by atoms with Gasteiger partial charge in [-0.25, -0.2) is 4.98 Å².